The average Bonchev–Trinajstić information content (AvgIpc) is 3.15. The van der Waals surface area contributed by atoms with Gasteiger partial charge in [0.15, 0.2) is 15.8 Å². The lowest BCUT2D eigenvalue weighted by molar-refractivity contribution is -0.385. The molecule has 1 amide bonds. The van der Waals surface area contributed by atoms with Crippen LogP contribution in [0.5, 0.6) is 11.5 Å². The number of methoxy groups -OCH3 is 1. The van der Waals surface area contributed by atoms with E-state index in [2.05, 4.69) is 0 Å². The van der Waals surface area contributed by atoms with Crippen molar-refractivity contribution in [3.8, 4) is 11.5 Å². The van der Waals surface area contributed by atoms with Gasteiger partial charge in [-0.25, -0.2) is 0 Å². The van der Waals surface area contributed by atoms with Crippen molar-refractivity contribution in [2.75, 3.05) is 12.0 Å². The molecule has 0 unspecified atom stereocenters. The Kier molecular flexibility index (Phi) is 7.50. The molecule has 1 heterocycles. The van der Waals surface area contributed by atoms with Crippen molar-refractivity contribution in [1.82, 2.24) is 0 Å². The second-order valence-corrected chi connectivity index (χ2v) is 9.33. The van der Waals surface area contributed by atoms with Gasteiger partial charge in [-0.1, -0.05) is 60.4 Å². The number of ether oxygens (including phenoxy) is 2. The Labute approximate surface area is 218 Å². The summed E-state index contributed by atoms with van der Waals surface area (Å²) in [6, 6.07) is 15.9. The topological polar surface area (TPSA) is 81.9 Å². The molecule has 1 saturated heterocycles. The molecule has 0 bridgehead atoms. The van der Waals surface area contributed by atoms with Gasteiger partial charge in [0.05, 0.1) is 39.8 Å². The van der Waals surface area contributed by atoms with Crippen LogP contribution in [-0.2, 0) is 17.6 Å². The first kappa shape index (κ1) is 26.2. The van der Waals surface area contributed by atoms with Crippen LogP contribution in [0.15, 0.2) is 71.6 Å². The van der Waals surface area contributed by atoms with Gasteiger partial charge in [-0.05, 0) is 35.9 Å². The van der Waals surface area contributed by atoms with Crippen molar-refractivity contribution in [2.45, 2.75) is 12.8 Å². The maximum atomic E-state index is 13.1. The molecule has 3 aromatic carbocycles. The molecule has 0 atom stereocenters. The van der Waals surface area contributed by atoms with Crippen LogP contribution in [0.4, 0.5) is 24.5 Å². The van der Waals surface area contributed by atoms with Gasteiger partial charge in [0.25, 0.3) is 11.6 Å². The van der Waals surface area contributed by atoms with E-state index >= 15 is 0 Å². The molecule has 1 fully saturated rings. The van der Waals surface area contributed by atoms with Gasteiger partial charge in [0, 0.05) is 0 Å². The third-order valence-electron chi connectivity index (χ3n) is 5.26. The second kappa shape index (κ2) is 10.6. The lowest BCUT2D eigenvalue weighted by Gasteiger charge is -2.16. The van der Waals surface area contributed by atoms with Crippen LogP contribution in [0.1, 0.15) is 16.7 Å². The minimum Gasteiger partial charge on any atom is -0.493 e. The Bertz CT molecular complexity index is 1410. The standard InChI is InChI=1S/C25H17F3N2O5S2/c1-34-20-10-16(19(30(32)33)13-21(20)35-14-15-6-3-2-4-7-15)11-22-23(31)29(24(36)37-22)18-9-5-8-17(12-18)25(26,27)28/h2-13H,14H2,1H3/b22-11-. The first-order valence-electron chi connectivity index (χ1n) is 10.6. The molecule has 1 aliphatic rings. The number of nitro groups is 1. The molecule has 3 aromatic rings. The van der Waals surface area contributed by atoms with Crippen molar-refractivity contribution < 1.29 is 32.4 Å². The van der Waals surface area contributed by atoms with Gasteiger partial charge in [0.2, 0.25) is 0 Å². The molecule has 0 aliphatic carbocycles. The van der Waals surface area contributed by atoms with Crippen molar-refractivity contribution in [2.24, 2.45) is 0 Å². The molecule has 4 rings (SSSR count). The lowest BCUT2D eigenvalue weighted by atomic mass is 10.1. The summed E-state index contributed by atoms with van der Waals surface area (Å²) in [5, 5.41) is 11.8. The summed E-state index contributed by atoms with van der Waals surface area (Å²) >= 11 is 6.06. The Morgan fingerprint density at radius 3 is 2.46 bits per heavy atom. The number of nitro benzene ring substituents is 1. The quantitative estimate of drug-likeness (QED) is 0.143. The summed E-state index contributed by atoms with van der Waals surface area (Å²) in [5.74, 6) is -0.375. The number of hydrogen-bond donors (Lipinski definition) is 0. The number of nitrogens with zero attached hydrogens (tertiary/aromatic N) is 2. The average molecular weight is 547 g/mol. The van der Waals surface area contributed by atoms with Crippen molar-refractivity contribution >= 4 is 51.7 Å². The number of hydrogen-bond acceptors (Lipinski definition) is 7. The zero-order valence-electron chi connectivity index (χ0n) is 19.0. The SMILES string of the molecule is COc1cc(/C=C2\SC(=S)N(c3cccc(C(F)(F)F)c3)C2=O)c([N+](=O)[O-])cc1OCc1ccccc1. The summed E-state index contributed by atoms with van der Waals surface area (Å²) in [7, 11) is 1.37. The van der Waals surface area contributed by atoms with Crippen LogP contribution < -0.4 is 14.4 Å². The van der Waals surface area contributed by atoms with E-state index in [1.807, 2.05) is 30.3 Å². The van der Waals surface area contributed by atoms with Crippen molar-refractivity contribution in [3.05, 3.63) is 98.4 Å². The molecular weight excluding hydrogens is 529 g/mol. The largest absolute Gasteiger partial charge is 0.493 e. The van der Waals surface area contributed by atoms with Gasteiger partial charge >= 0.3 is 6.18 Å². The van der Waals surface area contributed by atoms with Crippen LogP contribution in [0.2, 0.25) is 0 Å². The van der Waals surface area contributed by atoms with E-state index < -0.39 is 22.6 Å². The van der Waals surface area contributed by atoms with Gasteiger partial charge in [0.1, 0.15) is 6.61 Å². The third-order valence-corrected chi connectivity index (χ3v) is 6.56. The molecule has 37 heavy (non-hydrogen) atoms. The van der Waals surface area contributed by atoms with Crippen molar-refractivity contribution in [3.63, 3.8) is 0 Å². The maximum Gasteiger partial charge on any atom is 0.416 e. The van der Waals surface area contributed by atoms with E-state index in [0.717, 1.165) is 34.4 Å². The molecule has 7 nitrogen and oxygen atoms in total. The summed E-state index contributed by atoms with van der Waals surface area (Å²) in [6.07, 6.45) is -3.34. The molecule has 0 N–H and O–H groups in total. The molecule has 190 valence electrons. The lowest BCUT2D eigenvalue weighted by Crippen LogP contribution is -2.27. The van der Waals surface area contributed by atoms with Crippen molar-refractivity contribution in [1.29, 1.82) is 0 Å². The highest BCUT2D eigenvalue weighted by atomic mass is 32.2. The first-order chi connectivity index (χ1) is 17.6. The minimum atomic E-state index is -4.60. The smallest absolute Gasteiger partial charge is 0.416 e. The molecular formula is C25H17F3N2O5S2. The van der Waals surface area contributed by atoms with Gasteiger partial charge < -0.3 is 9.47 Å². The van der Waals surface area contributed by atoms with E-state index in [4.69, 9.17) is 21.7 Å². The monoisotopic (exact) mass is 546 g/mol. The van der Waals surface area contributed by atoms with E-state index in [0.29, 0.717) is 0 Å². The highest BCUT2D eigenvalue weighted by Gasteiger charge is 2.36. The van der Waals surface area contributed by atoms with Gasteiger partial charge in [-0.15, -0.1) is 0 Å². The van der Waals surface area contributed by atoms with Gasteiger partial charge in [-0.3, -0.25) is 19.8 Å². The Balaban J connectivity index is 1.67. The van der Waals surface area contributed by atoms with E-state index in [-0.39, 0.29) is 44.3 Å². The maximum absolute atomic E-state index is 13.1. The van der Waals surface area contributed by atoms with Crippen LogP contribution in [0, 0.1) is 10.1 Å². The number of anilines is 1. The fourth-order valence-corrected chi connectivity index (χ4v) is 4.79. The number of carbonyl (C=O) groups is 1. The van der Waals surface area contributed by atoms with Crippen LogP contribution >= 0.6 is 24.0 Å². The minimum absolute atomic E-state index is 0.00511. The predicted molar refractivity (Wildman–Crippen MR) is 138 cm³/mol. The Morgan fingerprint density at radius 1 is 1.08 bits per heavy atom. The number of rotatable bonds is 7. The third kappa shape index (κ3) is 5.75. The van der Waals surface area contributed by atoms with Crippen LogP contribution in [-0.4, -0.2) is 22.3 Å². The Morgan fingerprint density at radius 2 is 1.81 bits per heavy atom. The molecule has 0 aromatic heterocycles. The number of benzene rings is 3. The zero-order chi connectivity index (χ0) is 26.7. The summed E-state index contributed by atoms with van der Waals surface area (Å²) < 4.78 is 50.5. The number of amides is 1. The molecule has 0 saturated carbocycles. The number of thiocarbonyl (C=S) groups is 1. The number of carbonyl (C=O) groups excluding carboxylic acids is 1. The van der Waals surface area contributed by atoms with Crippen LogP contribution in [0.25, 0.3) is 6.08 Å². The Hall–Kier alpha value is -3.90. The summed E-state index contributed by atoms with van der Waals surface area (Å²) in [5.41, 5.74) is -0.465. The number of thioether (sulfide) groups is 1. The molecule has 0 radical (unpaired) electrons. The summed E-state index contributed by atoms with van der Waals surface area (Å²) in [4.78, 5) is 25.3. The molecule has 0 spiro atoms. The zero-order valence-corrected chi connectivity index (χ0v) is 20.7. The van der Waals surface area contributed by atoms with E-state index in [1.54, 1.807) is 0 Å². The van der Waals surface area contributed by atoms with E-state index in [9.17, 15) is 28.1 Å². The number of halogens is 3. The normalized spacial score (nSPS) is 14.8. The summed E-state index contributed by atoms with van der Waals surface area (Å²) in [6.45, 7) is 0.142. The van der Waals surface area contributed by atoms with Gasteiger partial charge in [-0.2, -0.15) is 13.2 Å². The highest BCUT2D eigenvalue weighted by molar-refractivity contribution is 8.27. The molecule has 12 heteroatoms. The van der Waals surface area contributed by atoms with E-state index in [1.165, 1.54) is 37.5 Å². The number of alkyl halides is 3. The van der Waals surface area contributed by atoms with Crippen LogP contribution in [0.3, 0.4) is 0 Å². The highest BCUT2D eigenvalue weighted by Crippen LogP contribution is 2.41. The fourth-order valence-electron chi connectivity index (χ4n) is 3.50. The molecule has 1 aliphatic heterocycles. The fraction of sp³-hybridized carbons (Fsp3) is 0.120. The first-order valence-corrected chi connectivity index (χ1v) is 11.8. The predicted octanol–water partition coefficient (Wildman–Crippen LogP) is 6.61. The second-order valence-electron chi connectivity index (χ2n) is 7.66.